The van der Waals surface area contributed by atoms with Crippen LogP contribution in [0.15, 0.2) is 0 Å². The van der Waals surface area contributed by atoms with Crippen LogP contribution in [0.25, 0.3) is 0 Å². The van der Waals surface area contributed by atoms with Crippen molar-refractivity contribution in [2.75, 3.05) is 0 Å². The van der Waals surface area contributed by atoms with Crippen LogP contribution in [-0.2, 0) is 9.13 Å². The van der Waals surface area contributed by atoms with Crippen LogP contribution >= 0.6 is 8.34 Å². The molecule has 21 valence electrons. The Morgan fingerprint density at radius 3 is 1.20 bits per heavy atom. The van der Waals surface area contributed by atoms with E-state index in [1.165, 1.54) is 0 Å². The molecular formula is AlLiO2P. The predicted octanol–water partition coefficient (Wildman–Crippen LogP) is -2.75. The Bertz CT molecular complexity index is 30.6. The van der Waals surface area contributed by atoms with Crippen LogP contribution < -0.4 is 18.9 Å². The van der Waals surface area contributed by atoms with Gasteiger partial charge in [-0.05, 0) is 0 Å². The second-order valence-electron chi connectivity index (χ2n) is 0.0745. The van der Waals surface area contributed by atoms with Gasteiger partial charge in [-0.25, -0.2) is 0 Å². The molecule has 0 aliphatic rings. The minimum atomic E-state index is -1.08. The maximum absolute atomic E-state index is 8.35. The Morgan fingerprint density at radius 1 is 1.20 bits per heavy atom. The van der Waals surface area contributed by atoms with Gasteiger partial charge in [-0.1, -0.05) is 8.34 Å². The van der Waals surface area contributed by atoms with Crippen molar-refractivity contribution >= 4 is 25.7 Å². The second-order valence-corrected chi connectivity index (χ2v) is 0.224. The molecular weight excluding hydrogens is 96.9 g/mol. The molecule has 0 aliphatic heterocycles. The van der Waals surface area contributed by atoms with Gasteiger partial charge in [0, 0.05) is 17.4 Å². The maximum atomic E-state index is 8.35. The molecule has 0 saturated carbocycles. The van der Waals surface area contributed by atoms with E-state index >= 15 is 0 Å². The average Bonchev–Trinajstić information content (AvgIpc) is 0.918. The van der Waals surface area contributed by atoms with Gasteiger partial charge in [0.1, 0.15) is 0 Å². The van der Waals surface area contributed by atoms with Gasteiger partial charge < -0.3 is 9.13 Å². The van der Waals surface area contributed by atoms with Crippen molar-refractivity contribution in [3.8, 4) is 0 Å². The third-order valence-corrected chi connectivity index (χ3v) is 0. The van der Waals surface area contributed by atoms with Crippen molar-refractivity contribution < 1.29 is 28.0 Å². The first-order chi connectivity index (χ1) is 1.41. The summed E-state index contributed by atoms with van der Waals surface area (Å²) >= 11 is 0. The molecule has 0 saturated heterocycles. The molecule has 0 amide bonds. The molecule has 0 unspecified atom stereocenters. The van der Waals surface area contributed by atoms with Crippen LogP contribution in [0, 0.1) is 0 Å². The zero-order valence-corrected chi connectivity index (χ0v) is 4.89. The van der Waals surface area contributed by atoms with E-state index in [0.29, 0.717) is 0 Å². The molecule has 0 aromatic rings. The first kappa shape index (κ1) is 16.6. The second kappa shape index (κ2) is 19.8. The van der Waals surface area contributed by atoms with Crippen LogP contribution in [0.2, 0.25) is 0 Å². The van der Waals surface area contributed by atoms with Crippen molar-refractivity contribution in [2.45, 2.75) is 0 Å². The summed E-state index contributed by atoms with van der Waals surface area (Å²) < 4.78 is 16.7. The van der Waals surface area contributed by atoms with Crippen LogP contribution in [0.3, 0.4) is 0 Å². The van der Waals surface area contributed by atoms with Crippen LogP contribution in [0.4, 0.5) is 0 Å². The fraction of sp³-hybridized carbons (Fsp3) is 0. The Hall–Kier alpha value is 1.03. The van der Waals surface area contributed by atoms with E-state index in [9.17, 15) is 0 Å². The van der Waals surface area contributed by atoms with Crippen molar-refractivity contribution in [3.05, 3.63) is 0 Å². The van der Waals surface area contributed by atoms with E-state index in [4.69, 9.17) is 9.13 Å². The fourth-order valence-corrected chi connectivity index (χ4v) is 0. The van der Waals surface area contributed by atoms with E-state index in [-0.39, 0.29) is 36.2 Å². The van der Waals surface area contributed by atoms with Gasteiger partial charge in [0.15, 0.2) is 0 Å². The molecule has 0 N–H and O–H groups in total. The average molecular weight is 96.9 g/mol. The van der Waals surface area contributed by atoms with E-state index in [2.05, 4.69) is 0 Å². The summed E-state index contributed by atoms with van der Waals surface area (Å²) in [4.78, 5) is 0. The van der Waals surface area contributed by atoms with Gasteiger partial charge in [0.2, 0.25) is 0 Å². The summed E-state index contributed by atoms with van der Waals surface area (Å²) in [5.41, 5.74) is 0. The fourth-order valence-electron chi connectivity index (χ4n) is 0. The molecule has 5 heavy (non-hydrogen) atoms. The Morgan fingerprint density at radius 2 is 1.20 bits per heavy atom. The molecule has 0 rings (SSSR count). The zero-order chi connectivity index (χ0) is 2.71. The van der Waals surface area contributed by atoms with Gasteiger partial charge in [0.25, 0.3) is 0 Å². The topological polar surface area (TPSA) is 34.1 Å². The quantitative estimate of drug-likeness (QED) is 0.242. The van der Waals surface area contributed by atoms with Gasteiger partial charge in [-0.15, -0.1) is 0 Å². The molecule has 0 heterocycles. The van der Waals surface area contributed by atoms with Gasteiger partial charge in [-0.2, -0.15) is 0 Å². The van der Waals surface area contributed by atoms with Crippen molar-refractivity contribution in [2.24, 2.45) is 0 Å². The summed E-state index contributed by atoms with van der Waals surface area (Å²) in [7, 11) is -1.08. The molecule has 5 heteroatoms. The number of rotatable bonds is 0. The Labute approximate surface area is 53.9 Å². The first-order valence-electron chi connectivity index (χ1n) is 0.365. The Kier molecular flexibility index (Phi) is 65.9. The molecule has 2 nitrogen and oxygen atoms in total. The van der Waals surface area contributed by atoms with Gasteiger partial charge in [0.05, 0.1) is 0 Å². The molecule has 0 bridgehead atoms. The Balaban J connectivity index is -0.0000000200. The van der Waals surface area contributed by atoms with Crippen molar-refractivity contribution in [3.63, 3.8) is 0 Å². The number of hydrogen-bond donors (Lipinski definition) is 0. The summed E-state index contributed by atoms with van der Waals surface area (Å²) in [5.74, 6) is 0. The summed E-state index contributed by atoms with van der Waals surface area (Å²) in [6.07, 6.45) is 0. The van der Waals surface area contributed by atoms with Gasteiger partial charge in [-0.3, -0.25) is 0 Å². The molecule has 0 atom stereocenters. The van der Waals surface area contributed by atoms with Crippen LogP contribution in [0.5, 0.6) is 0 Å². The summed E-state index contributed by atoms with van der Waals surface area (Å²) in [5, 5.41) is 0. The van der Waals surface area contributed by atoms with E-state index in [1.807, 2.05) is 0 Å². The van der Waals surface area contributed by atoms with Gasteiger partial charge >= 0.3 is 18.9 Å². The zero-order valence-electron chi connectivity index (χ0n) is 2.84. The standard InChI is InChI=1S/Al.Li.O2P/c;;1-3-2/q;+1;-1. The minimum absolute atomic E-state index is 0. The molecule has 0 aromatic heterocycles. The monoisotopic (exact) mass is 97.0 g/mol. The summed E-state index contributed by atoms with van der Waals surface area (Å²) in [6, 6.07) is 0. The predicted molar refractivity (Wildman–Crippen MR) is 14.0 cm³/mol. The maximum Gasteiger partial charge on any atom is 1.00 e. The minimum Gasteiger partial charge on any atom is -0.474 e. The smallest absolute Gasteiger partial charge is 0.474 e. The van der Waals surface area contributed by atoms with Crippen molar-refractivity contribution in [1.82, 2.24) is 0 Å². The molecule has 0 fully saturated rings. The van der Waals surface area contributed by atoms with Crippen LogP contribution in [0.1, 0.15) is 0 Å². The van der Waals surface area contributed by atoms with E-state index < -0.39 is 8.34 Å². The molecule has 3 radical (unpaired) electrons. The third-order valence-electron chi connectivity index (χ3n) is 0. The van der Waals surface area contributed by atoms with E-state index in [1.54, 1.807) is 0 Å². The largest absolute Gasteiger partial charge is 1.00 e. The normalized spacial score (nSPS) is 2.40. The molecule has 0 spiro atoms. The van der Waals surface area contributed by atoms with Crippen molar-refractivity contribution in [1.29, 1.82) is 0 Å². The van der Waals surface area contributed by atoms with Crippen LogP contribution in [-0.4, -0.2) is 17.4 Å². The molecule has 0 aromatic carbocycles. The third kappa shape index (κ3) is 43.5. The molecule has 0 aliphatic carbocycles. The first-order valence-corrected chi connectivity index (χ1v) is 1.10. The SMILES string of the molecule is O=[P-]=O.[Al].[Li+]. The number of hydrogen-bond acceptors (Lipinski definition) is 2. The summed E-state index contributed by atoms with van der Waals surface area (Å²) in [6.45, 7) is 0. The van der Waals surface area contributed by atoms with E-state index in [0.717, 1.165) is 0 Å².